The maximum atomic E-state index is 14.0. The van der Waals surface area contributed by atoms with Crippen molar-refractivity contribution < 1.29 is 35.1 Å². The molecule has 5 rings (SSSR count). The van der Waals surface area contributed by atoms with Gasteiger partial charge in [-0.05, 0) is 56.5 Å². The molecule has 1 aromatic heterocycles. The molecule has 1 saturated carbocycles. The quantitative estimate of drug-likeness (QED) is 0.297. The molecule has 12 nitrogen and oxygen atoms in total. The van der Waals surface area contributed by atoms with E-state index >= 15 is 0 Å². The number of carbonyl (C=O) groups is 2. The first-order valence-corrected chi connectivity index (χ1v) is 12.4. The molecule has 2 aromatic rings. The lowest BCUT2D eigenvalue weighted by Crippen LogP contribution is -2.62. The fourth-order valence-electron chi connectivity index (χ4n) is 6.61. The van der Waals surface area contributed by atoms with Gasteiger partial charge in [-0.1, -0.05) is 0 Å². The number of likely N-dealkylation sites (N-methyl/N-ethyl adjacent to an activating group) is 1. The van der Waals surface area contributed by atoms with Gasteiger partial charge < -0.3 is 36.2 Å². The molecule has 7 N–H and O–H groups in total. The number of hydrogen-bond donors (Lipinski definition) is 6. The van der Waals surface area contributed by atoms with Gasteiger partial charge in [0, 0.05) is 37.7 Å². The molecule has 39 heavy (non-hydrogen) atoms. The van der Waals surface area contributed by atoms with Crippen molar-refractivity contribution in [3.63, 3.8) is 0 Å². The van der Waals surface area contributed by atoms with E-state index in [0.717, 1.165) is 0 Å². The van der Waals surface area contributed by atoms with Crippen molar-refractivity contribution in [3.8, 4) is 17.1 Å². The summed E-state index contributed by atoms with van der Waals surface area (Å²) in [6.07, 6.45) is 3.45. The number of aliphatic hydroxyl groups is 4. The van der Waals surface area contributed by atoms with E-state index < -0.39 is 58.4 Å². The molecule has 12 heteroatoms. The van der Waals surface area contributed by atoms with Gasteiger partial charge in [-0.15, -0.1) is 0 Å². The number of benzene rings is 1. The minimum absolute atomic E-state index is 0.0386. The molecule has 3 aliphatic rings. The zero-order valence-corrected chi connectivity index (χ0v) is 22.0. The second kappa shape index (κ2) is 9.04. The number of anilines is 1. The number of amides is 1. The number of phenols is 1. The van der Waals surface area contributed by atoms with Gasteiger partial charge in [0.1, 0.15) is 22.8 Å². The van der Waals surface area contributed by atoms with Gasteiger partial charge >= 0.3 is 0 Å². The van der Waals surface area contributed by atoms with E-state index in [1.54, 1.807) is 31.1 Å². The van der Waals surface area contributed by atoms with Crippen LogP contribution >= 0.6 is 0 Å². The number of allylic oxidation sites excluding steroid dienone is 1. The summed E-state index contributed by atoms with van der Waals surface area (Å²) in [6.45, 7) is 0. The number of phenolic OH excluding ortho intramolecular Hbond substituents is 1. The van der Waals surface area contributed by atoms with Gasteiger partial charge in [0.25, 0.3) is 5.91 Å². The van der Waals surface area contributed by atoms with Gasteiger partial charge in [0.05, 0.1) is 23.1 Å². The maximum Gasteiger partial charge on any atom is 0.253 e. The summed E-state index contributed by atoms with van der Waals surface area (Å²) in [5, 5.41) is 56.0. The number of carbonyl (C=O) groups excluding carboxylic acids is 2. The van der Waals surface area contributed by atoms with Gasteiger partial charge in [0.2, 0.25) is 5.79 Å². The summed E-state index contributed by atoms with van der Waals surface area (Å²) in [5.41, 5.74) is 6.03. The van der Waals surface area contributed by atoms with Gasteiger partial charge in [0.15, 0.2) is 11.6 Å². The molecule has 0 saturated heterocycles. The van der Waals surface area contributed by atoms with Crippen LogP contribution in [0.1, 0.15) is 17.5 Å². The van der Waals surface area contributed by atoms with E-state index in [4.69, 9.17) is 5.73 Å². The van der Waals surface area contributed by atoms with Crippen LogP contribution in [0.2, 0.25) is 0 Å². The highest BCUT2D eigenvalue weighted by Crippen LogP contribution is 2.55. The lowest BCUT2D eigenvalue weighted by atomic mass is 9.58. The van der Waals surface area contributed by atoms with E-state index in [9.17, 15) is 35.1 Å². The molecule has 1 heterocycles. The van der Waals surface area contributed by atoms with Gasteiger partial charge in [-0.2, -0.15) is 0 Å². The molecule has 1 unspecified atom stereocenters. The van der Waals surface area contributed by atoms with E-state index in [-0.39, 0.29) is 41.1 Å². The number of primary amides is 1. The largest absolute Gasteiger partial charge is 0.510 e. The minimum Gasteiger partial charge on any atom is -0.510 e. The number of hydrogen-bond acceptors (Lipinski definition) is 11. The van der Waals surface area contributed by atoms with Crippen molar-refractivity contribution in [2.24, 2.45) is 23.5 Å². The molecule has 0 bridgehead atoms. The number of nitrogens with zero attached hydrogens (tertiary/aromatic N) is 4. The Bertz CT molecular complexity index is 1450. The Balaban J connectivity index is 1.74. The van der Waals surface area contributed by atoms with Crippen LogP contribution in [-0.2, 0) is 16.0 Å². The van der Waals surface area contributed by atoms with Crippen molar-refractivity contribution in [1.29, 1.82) is 0 Å². The molecule has 1 amide bonds. The van der Waals surface area contributed by atoms with Crippen LogP contribution < -0.4 is 10.6 Å². The predicted octanol–water partition coefficient (Wildman–Crippen LogP) is 0.484. The summed E-state index contributed by atoms with van der Waals surface area (Å²) in [7, 11) is 6.89. The number of aromatic nitrogens is 2. The standard InChI is InChI=1S/C27H31N5O7/c1-31(2)15-10-14(26-29-6-5-7-30-26)21(33)17-12(15)8-11-9-13-18(23(35)16(11)22(17)34)27(38,39)19(25(28)37)24(36)20(13)32(3)4/h5-7,10-11,13,18,20,33-34,36,38-39H,8-9H2,1-4H3,(H2,28,37)/t11-,13+,18?,20-/m0/s1. The summed E-state index contributed by atoms with van der Waals surface area (Å²) in [4.78, 5) is 38.1. The first kappa shape index (κ1) is 26.6. The molecule has 3 aliphatic carbocycles. The zero-order valence-electron chi connectivity index (χ0n) is 22.0. The van der Waals surface area contributed by atoms with Crippen LogP contribution in [0, 0.1) is 17.8 Å². The van der Waals surface area contributed by atoms with Crippen molar-refractivity contribution in [2.45, 2.75) is 24.7 Å². The van der Waals surface area contributed by atoms with Crippen molar-refractivity contribution in [2.75, 3.05) is 33.1 Å². The molecule has 0 radical (unpaired) electrons. The first-order chi connectivity index (χ1) is 18.3. The summed E-state index contributed by atoms with van der Waals surface area (Å²) in [5.74, 6) is -9.31. The highest BCUT2D eigenvalue weighted by molar-refractivity contribution is 6.08. The summed E-state index contributed by atoms with van der Waals surface area (Å²) in [6, 6.07) is 2.44. The monoisotopic (exact) mass is 537 g/mol. The predicted molar refractivity (Wildman–Crippen MR) is 140 cm³/mol. The van der Waals surface area contributed by atoms with Crippen LogP contribution in [0.5, 0.6) is 5.75 Å². The molecular weight excluding hydrogens is 506 g/mol. The highest BCUT2D eigenvalue weighted by Gasteiger charge is 2.62. The third-order valence-corrected chi connectivity index (χ3v) is 8.10. The third-order valence-electron chi connectivity index (χ3n) is 8.10. The molecule has 1 fully saturated rings. The van der Waals surface area contributed by atoms with Crippen molar-refractivity contribution >= 4 is 23.1 Å². The second-order valence-corrected chi connectivity index (χ2v) is 10.8. The van der Waals surface area contributed by atoms with E-state index in [2.05, 4.69) is 9.97 Å². The number of aromatic hydroxyl groups is 1. The number of nitrogens with two attached hydrogens (primary N) is 1. The Labute approximate surface area is 224 Å². The summed E-state index contributed by atoms with van der Waals surface area (Å²) >= 11 is 0. The van der Waals surface area contributed by atoms with Crippen molar-refractivity contribution in [3.05, 3.63) is 52.6 Å². The lowest BCUT2D eigenvalue weighted by molar-refractivity contribution is -0.203. The van der Waals surface area contributed by atoms with E-state index in [1.165, 1.54) is 12.4 Å². The Morgan fingerprint density at radius 3 is 2.31 bits per heavy atom. The Kier molecular flexibility index (Phi) is 6.17. The normalized spacial score (nSPS) is 25.8. The summed E-state index contributed by atoms with van der Waals surface area (Å²) < 4.78 is 0. The van der Waals surface area contributed by atoms with Crippen LogP contribution in [0.4, 0.5) is 5.69 Å². The molecule has 206 valence electrons. The Hall–Kier alpha value is -4.00. The van der Waals surface area contributed by atoms with Crippen molar-refractivity contribution in [1.82, 2.24) is 14.9 Å². The van der Waals surface area contributed by atoms with Crippen LogP contribution in [0.25, 0.3) is 17.1 Å². The molecule has 4 atom stereocenters. The second-order valence-electron chi connectivity index (χ2n) is 10.8. The zero-order chi connectivity index (χ0) is 28.5. The van der Waals surface area contributed by atoms with E-state index in [1.807, 2.05) is 19.0 Å². The van der Waals surface area contributed by atoms with Crippen LogP contribution in [0.15, 0.2) is 41.4 Å². The molecule has 0 aliphatic heterocycles. The number of fused-ring (bicyclic) bond motifs is 3. The molecule has 0 spiro atoms. The smallest absolute Gasteiger partial charge is 0.253 e. The lowest BCUT2D eigenvalue weighted by Gasteiger charge is -2.51. The van der Waals surface area contributed by atoms with Gasteiger partial charge in [-0.25, -0.2) is 9.97 Å². The number of rotatable bonds is 4. The maximum absolute atomic E-state index is 14.0. The molecular formula is C27H31N5O7. The molecule has 1 aromatic carbocycles. The average molecular weight is 538 g/mol. The van der Waals surface area contributed by atoms with E-state index in [0.29, 0.717) is 11.3 Å². The number of ketones is 1. The van der Waals surface area contributed by atoms with Crippen LogP contribution in [0.3, 0.4) is 0 Å². The first-order valence-electron chi connectivity index (χ1n) is 12.4. The fraction of sp³-hybridized carbons (Fsp3) is 0.407. The third kappa shape index (κ3) is 3.78. The average Bonchev–Trinajstić information content (AvgIpc) is 2.83. The Morgan fingerprint density at radius 2 is 1.74 bits per heavy atom. The highest BCUT2D eigenvalue weighted by atomic mass is 16.5. The fourth-order valence-corrected chi connectivity index (χ4v) is 6.61. The number of aliphatic hydroxyl groups excluding tert-OH is 2. The topological polar surface area (TPSA) is 194 Å². The Morgan fingerprint density at radius 1 is 1.10 bits per heavy atom. The number of Topliss-reactive ketones (excluding diaryl/α,β-unsaturated/α-hetero) is 1. The van der Waals surface area contributed by atoms with Crippen LogP contribution in [-0.4, -0.2) is 92.1 Å². The minimum atomic E-state index is -3.07. The van der Waals surface area contributed by atoms with Gasteiger partial charge in [-0.3, -0.25) is 14.5 Å². The SMILES string of the molecule is CN(C)c1cc(-c2ncccn2)c(O)c2c1C[C@H]1C[C@@H]3C(C(=O)C1=C2O)C(O)(O)C(C(N)=O)=C(O)[C@H]3N(C)C.